The van der Waals surface area contributed by atoms with Crippen molar-refractivity contribution in [2.75, 3.05) is 5.32 Å². The molecule has 2 aromatic carbocycles. The zero-order valence-electron chi connectivity index (χ0n) is 14.2. The lowest BCUT2D eigenvalue weighted by Crippen LogP contribution is -2.22. The molecule has 4 N–H and O–H groups in total. The third kappa shape index (κ3) is 3.70. The summed E-state index contributed by atoms with van der Waals surface area (Å²) in [6.07, 6.45) is 5.48. The molecule has 0 aliphatic heterocycles. The van der Waals surface area contributed by atoms with Gasteiger partial charge in [0.05, 0.1) is 6.54 Å². The van der Waals surface area contributed by atoms with Crippen molar-refractivity contribution in [1.82, 2.24) is 0 Å². The minimum atomic E-state index is 0.320. The molecule has 126 valence electrons. The molecule has 0 bridgehead atoms. The van der Waals surface area contributed by atoms with Crippen molar-refractivity contribution in [3.63, 3.8) is 0 Å². The summed E-state index contributed by atoms with van der Waals surface area (Å²) in [7, 11) is 0. The molecule has 0 spiro atoms. The quantitative estimate of drug-likeness (QED) is 0.592. The molecule has 3 rings (SSSR count). The van der Waals surface area contributed by atoms with E-state index in [9.17, 15) is 5.11 Å². The van der Waals surface area contributed by atoms with E-state index in [2.05, 4.69) is 29.4 Å². The lowest BCUT2D eigenvalue weighted by Gasteiger charge is -2.19. The molecule has 1 aliphatic carbocycles. The lowest BCUT2D eigenvalue weighted by atomic mass is 9.88. The number of nitrogens with one attached hydrogen (secondary N) is 1. The Morgan fingerprint density at radius 2 is 2.04 bits per heavy atom. The van der Waals surface area contributed by atoms with Crippen LogP contribution in [0.3, 0.4) is 0 Å². The summed E-state index contributed by atoms with van der Waals surface area (Å²) >= 11 is 0. The molecule has 0 fully saturated rings. The molecule has 0 saturated carbocycles. The maximum Gasteiger partial charge on any atom is 0.193 e. The molecular weight excluding hydrogens is 298 g/mol. The van der Waals surface area contributed by atoms with Gasteiger partial charge in [-0.1, -0.05) is 25.1 Å². The number of phenols is 1. The van der Waals surface area contributed by atoms with Gasteiger partial charge in [-0.3, -0.25) is 0 Å². The first-order valence-corrected chi connectivity index (χ1v) is 8.66. The van der Waals surface area contributed by atoms with Crippen molar-refractivity contribution < 1.29 is 5.11 Å². The molecule has 0 saturated heterocycles. The Hall–Kier alpha value is -2.49. The van der Waals surface area contributed by atoms with Crippen molar-refractivity contribution in [2.24, 2.45) is 10.7 Å². The van der Waals surface area contributed by atoms with Gasteiger partial charge in [0.25, 0.3) is 0 Å². The molecule has 0 radical (unpaired) electrons. The van der Waals surface area contributed by atoms with E-state index in [0.29, 0.717) is 18.3 Å². The summed E-state index contributed by atoms with van der Waals surface area (Å²) in [5.74, 6) is 0.691. The van der Waals surface area contributed by atoms with Gasteiger partial charge >= 0.3 is 0 Å². The highest BCUT2D eigenvalue weighted by Gasteiger charge is 2.16. The Kier molecular flexibility index (Phi) is 5.04. The number of hydrogen-bond donors (Lipinski definition) is 3. The molecule has 24 heavy (non-hydrogen) atoms. The van der Waals surface area contributed by atoms with Gasteiger partial charge in [0.1, 0.15) is 5.75 Å². The Bertz CT molecular complexity index is 753. The van der Waals surface area contributed by atoms with Gasteiger partial charge in [-0.05, 0) is 67.0 Å². The summed E-state index contributed by atoms with van der Waals surface area (Å²) in [6, 6.07) is 12.0. The maximum atomic E-state index is 10.2. The van der Waals surface area contributed by atoms with Gasteiger partial charge in [0.15, 0.2) is 5.96 Å². The summed E-state index contributed by atoms with van der Waals surface area (Å²) in [6.45, 7) is 2.53. The van der Waals surface area contributed by atoms with Crippen LogP contribution in [0.25, 0.3) is 0 Å². The minimum Gasteiger partial charge on any atom is -0.508 e. The smallest absolute Gasteiger partial charge is 0.193 e. The molecule has 0 aromatic heterocycles. The summed E-state index contributed by atoms with van der Waals surface area (Å²) in [4.78, 5) is 4.44. The maximum absolute atomic E-state index is 10.2. The van der Waals surface area contributed by atoms with Crippen LogP contribution < -0.4 is 11.1 Å². The van der Waals surface area contributed by atoms with Crippen LogP contribution in [0.5, 0.6) is 5.75 Å². The predicted molar refractivity (Wildman–Crippen MR) is 99.5 cm³/mol. The highest BCUT2D eigenvalue weighted by molar-refractivity contribution is 5.92. The van der Waals surface area contributed by atoms with Crippen LogP contribution in [0.1, 0.15) is 42.0 Å². The Labute approximate surface area is 143 Å². The SMILES string of the molecule is CCc1cccc(NC(N)=NCc2c(O)ccc3c2CCCC3)c1. The molecule has 4 nitrogen and oxygen atoms in total. The third-order valence-corrected chi connectivity index (χ3v) is 4.64. The Morgan fingerprint density at radius 3 is 2.88 bits per heavy atom. The van der Waals surface area contributed by atoms with Crippen molar-refractivity contribution in [2.45, 2.75) is 45.6 Å². The van der Waals surface area contributed by atoms with Crippen LogP contribution in [0, 0.1) is 0 Å². The van der Waals surface area contributed by atoms with Crippen LogP contribution in [0.2, 0.25) is 0 Å². The van der Waals surface area contributed by atoms with Gasteiger partial charge in [0.2, 0.25) is 0 Å². The Balaban J connectivity index is 1.75. The van der Waals surface area contributed by atoms with Crippen molar-refractivity contribution >= 4 is 11.6 Å². The second kappa shape index (κ2) is 7.39. The number of nitrogens with two attached hydrogens (primary N) is 1. The number of guanidine groups is 1. The Morgan fingerprint density at radius 1 is 1.21 bits per heavy atom. The topological polar surface area (TPSA) is 70.6 Å². The molecule has 1 aliphatic rings. The zero-order chi connectivity index (χ0) is 16.9. The predicted octanol–water partition coefficient (Wildman–Crippen LogP) is 3.76. The van der Waals surface area contributed by atoms with E-state index in [1.165, 1.54) is 29.5 Å². The molecule has 0 heterocycles. The number of fused-ring (bicyclic) bond motifs is 1. The van der Waals surface area contributed by atoms with Gasteiger partial charge < -0.3 is 16.2 Å². The largest absolute Gasteiger partial charge is 0.508 e. The summed E-state index contributed by atoms with van der Waals surface area (Å²) in [5, 5.41) is 13.3. The lowest BCUT2D eigenvalue weighted by molar-refractivity contribution is 0.465. The number of phenolic OH excluding ortho intramolecular Hbond substituents is 1. The molecule has 2 aromatic rings. The van der Waals surface area contributed by atoms with Crippen LogP contribution in [0.15, 0.2) is 41.4 Å². The van der Waals surface area contributed by atoms with E-state index in [-0.39, 0.29) is 0 Å². The fourth-order valence-electron chi connectivity index (χ4n) is 3.29. The van der Waals surface area contributed by atoms with Crippen LogP contribution in [0.4, 0.5) is 5.69 Å². The standard InChI is InChI=1S/C20H25N3O/c1-2-14-6-5-8-16(12-14)23-20(21)22-13-18-17-9-4-3-7-15(17)10-11-19(18)24/h5-6,8,10-12,24H,2-4,7,9,13H2,1H3,(H3,21,22,23). The van der Waals surface area contributed by atoms with Gasteiger partial charge in [0, 0.05) is 11.3 Å². The highest BCUT2D eigenvalue weighted by Crippen LogP contribution is 2.31. The van der Waals surface area contributed by atoms with E-state index in [1.54, 1.807) is 6.07 Å². The number of benzene rings is 2. The monoisotopic (exact) mass is 323 g/mol. The van der Waals surface area contributed by atoms with E-state index < -0.39 is 0 Å². The molecule has 0 amide bonds. The summed E-state index contributed by atoms with van der Waals surface area (Å²) < 4.78 is 0. The second-order valence-corrected chi connectivity index (χ2v) is 6.29. The van der Waals surface area contributed by atoms with Crippen LogP contribution in [-0.2, 0) is 25.8 Å². The van der Waals surface area contributed by atoms with Crippen molar-refractivity contribution in [1.29, 1.82) is 0 Å². The summed E-state index contributed by atoms with van der Waals surface area (Å²) in [5.41, 5.74) is 11.7. The second-order valence-electron chi connectivity index (χ2n) is 6.29. The van der Waals surface area contributed by atoms with Crippen molar-refractivity contribution in [3.05, 3.63) is 58.7 Å². The van der Waals surface area contributed by atoms with Gasteiger partial charge in [-0.2, -0.15) is 0 Å². The number of aliphatic imine (C=N–C) groups is 1. The number of anilines is 1. The van der Waals surface area contributed by atoms with E-state index >= 15 is 0 Å². The van der Waals surface area contributed by atoms with Crippen LogP contribution in [-0.4, -0.2) is 11.1 Å². The zero-order valence-corrected chi connectivity index (χ0v) is 14.2. The van der Waals surface area contributed by atoms with Crippen LogP contribution >= 0.6 is 0 Å². The van der Waals surface area contributed by atoms with Gasteiger partial charge in [-0.25, -0.2) is 4.99 Å². The first-order valence-electron chi connectivity index (χ1n) is 8.66. The first-order chi connectivity index (χ1) is 11.7. The average Bonchev–Trinajstić information content (AvgIpc) is 2.61. The van der Waals surface area contributed by atoms with E-state index in [1.807, 2.05) is 18.2 Å². The normalized spacial score (nSPS) is 14.3. The van der Waals surface area contributed by atoms with Gasteiger partial charge in [-0.15, -0.1) is 0 Å². The fraction of sp³-hybridized carbons (Fsp3) is 0.350. The number of hydrogen-bond acceptors (Lipinski definition) is 2. The fourth-order valence-corrected chi connectivity index (χ4v) is 3.29. The molecular formula is C20H25N3O. The van der Waals surface area contributed by atoms with E-state index in [0.717, 1.165) is 30.5 Å². The highest BCUT2D eigenvalue weighted by atomic mass is 16.3. The third-order valence-electron chi connectivity index (χ3n) is 4.64. The number of aromatic hydroxyl groups is 1. The molecule has 0 unspecified atom stereocenters. The first kappa shape index (κ1) is 16.4. The van der Waals surface area contributed by atoms with E-state index in [4.69, 9.17) is 5.73 Å². The number of rotatable bonds is 4. The average molecular weight is 323 g/mol. The minimum absolute atomic E-state index is 0.320. The molecule has 4 heteroatoms. The van der Waals surface area contributed by atoms with Crippen molar-refractivity contribution in [3.8, 4) is 5.75 Å². The number of nitrogens with zero attached hydrogens (tertiary/aromatic N) is 1. The number of aryl methyl sites for hydroxylation is 2. The molecule has 0 atom stereocenters.